The molecule has 4 rings (SSSR count). The smallest absolute Gasteiger partial charge is 0.338 e. The molecule has 0 saturated heterocycles. The van der Waals surface area contributed by atoms with Gasteiger partial charge in [-0.05, 0) is 100 Å². The Bertz CT molecular complexity index is 2280. The van der Waals surface area contributed by atoms with E-state index in [1.807, 2.05) is 113 Å². The van der Waals surface area contributed by atoms with Crippen molar-refractivity contribution in [3.05, 3.63) is 168 Å². The van der Waals surface area contributed by atoms with E-state index < -0.39 is 23.9 Å². The predicted octanol–water partition coefficient (Wildman–Crippen LogP) is 18.5. The Labute approximate surface area is 604 Å². The minimum absolute atomic E-state index is 0. The molecule has 0 aliphatic heterocycles. The van der Waals surface area contributed by atoms with Crippen LogP contribution in [-0.4, -0.2) is 109 Å². The second-order valence-corrected chi connectivity index (χ2v) is 20.3. The van der Waals surface area contributed by atoms with E-state index >= 15 is 0 Å². The maximum absolute atomic E-state index is 11.3. The summed E-state index contributed by atoms with van der Waals surface area (Å²) in [6.07, 6.45) is 26.4. The largest absolute Gasteiger partial charge is 0.481 e. The van der Waals surface area contributed by atoms with E-state index in [1.165, 1.54) is 70.6 Å². The summed E-state index contributed by atoms with van der Waals surface area (Å²) in [7, 11) is 9.00. The molecule has 0 aromatic heterocycles. The molecule has 0 spiro atoms. The van der Waals surface area contributed by atoms with Crippen LogP contribution in [0.25, 0.3) is 0 Å². The van der Waals surface area contributed by atoms with Crippen molar-refractivity contribution in [2.75, 3.05) is 19.8 Å². The van der Waals surface area contributed by atoms with Gasteiger partial charge < -0.3 is 39.4 Å². The number of carboxylic acids is 4. The minimum atomic E-state index is -0.833. The molecular weight excluding hydrogens is 1390 g/mol. The number of ketones is 2. The van der Waals surface area contributed by atoms with Crippen molar-refractivity contribution < 1.29 is 119 Å². The number of carbonyl (C=O) groups excluding carboxylic acids is 4. The molecule has 0 bridgehead atoms. The summed E-state index contributed by atoms with van der Waals surface area (Å²) in [6, 6.07) is 38.2. The second kappa shape index (κ2) is 92.1. The molecule has 4 aromatic carbocycles. The summed E-state index contributed by atoms with van der Waals surface area (Å²) >= 11 is 0. The third kappa shape index (κ3) is 116. The normalized spacial score (nSPS) is 9.07. The zero-order valence-corrected chi connectivity index (χ0v) is 63.4. The average Bonchev–Trinajstić information content (AvgIpc) is 1.37. The van der Waals surface area contributed by atoms with Crippen LogP contribution in [0.4, 0.5) is 0 Å². The van der Waals surface area contributed by atoms with Crippen LogP contribution in [-0.2, 0) is 102 Å². The summed E-state index contributed by atoms with van der Waals surface area (Å²) in [5.74, 6) is -2.81. The number of rotatable bonds is 29. The van der Waals surface area contributed by atoms with Crippen LogP contribution < -0.4 is 0 Å². The SMILES string of the molecule is CC(=O)O.CC(=O)O.CC(=O)O.CC(=O)O.CC(C)COC(=O)c1ccccc1.CC(C)OC(=O)c1ccccc1.CC/C=C/CCCCC.CCC/C=C\COCc1ccccc1.CCCCC(=O)COCc1ccccc1.CCCCCC(=O)CCC.[B]C.[B]C.[Pd].[Pd]. The van der Waals surface area contributed by atoms with E-state index in [9.17, 15) is 19.2 Å². The van der Waals surface area contributed by atoms with Gasteiger partial charge in [0, 0.05) is 87.8 Å². The molecule has 0 aliphatic carbocycles. The van der Waals surface area contributed by atoms with Gasteiger partial charge in [-0.1, -0.05) is 229 Å². The first kappa shape index (κ1) is 110. The van der Waals surface area contributed by atoms with Gasteiger partial charge in [0.2, 0.25) is 0 Å². The molecule has 0 fully saturated rings. The zero-order valence-electron chi connectivity index (χ0n) is 60.3. The van der Waals surface area contributed by atoms with Gasteiger partial charge in [0.15, 0.2) is 5.78 Å². The van der Waals surface area contributed by atoms with Gasteiger partial charge in [-0.3, -0.25) is 28.8 Å². The van der Waals surface area contributed by atoms with E-state index in [-0.39, 0.29) is 71.3 Å². The van der Waals surface area contributed by atoms with E-state index in [0.717, 1.165) is 84.8 Å². The fourth-order valence-electron chi connectivity index (χ4n) is 6.00. The van der Waals surface area contributed by atoms with Crippen LogP contribution in [0.15, 0.2) is 146 Å². The number of esters is 2. The van der Waals surface area contributed by atoms with Gasteiger partial charge >= 0.3 is 11.9 Å². The molecule has 0 heterocycles. The summed E-state index contributed by atoms with van der Waals surface area (Å²) in [5, 5.41) is 29.7. The fourth-order valence-corrected chi connectivity index (χ4v) is 6.00. The first-order chi connectivity index (χ1) is 44.3. The van der Waals surface area contributed by atoms with Crippen LogP contribution in [0.1, 0.15) is 232 Å². The summed E-state index contributed by atoms with van der Waals surface area (Å²) in [6.45, 7) is 30.6. The fraction of sp³-hybridized carbons (Fsp3) is 0.520. The van der Waals surface area contributed by atoms with Crippen molar-refractivity contribution in [3.63, 3.8) is 0 Å². The minimum Gasteiger partial charge on any atom is -0.481 e. The Hall–Kier alpha value is -6.11. The van der Waals surface area contributed by atoms with E-state index in [0.29, 0.717) is 49.1 Å². The Morgan fingerprint density at radius 1 is 0.421 bits per heavy atom. The van der Waals surface area contributed by atoms with Gasteiger partial charge in [0.05, 0.1) is 59.4 Å². The van der Waals surface area contributed by atoms with Crippen molar-refractivity contribution in [1.29, 1.82) is 0 Å². The Morgan fingerprint density at radius 3 is 1.16 bits per heavy atom. The van der Waals surface area contributed by atoms with Crippen molar-refractivity contribution in [2.24, 2.45) is 5.92 Å². The maximum atomic E-state index is 11.3. The number of carbonyl (C=O) groups is 8. The van der Waals surface area contributed by atoms with Crippen molar-refractivity contribution in [2.45, 2.75) is 233 Å². The van der Waals surface area contributed by atoms with E-state index in [2.05, 4.69) is 93.7 Å². The van der Waals surface area contributed by atoms with Crippen LogP contribution in [0.5, 0.6) is 0 Å². The molecule has 0 unspecified atom stereocenters. The van der Waals surface area contributed by atoms with Crippen LogP contribution in [0.3, 0.4) is 0 Å². The van der Waals surface area contributed by atoms with E-state index in [4.69, 9.17) is 58.6 Å². The molecule has 16 nitrogen and oxygen atoms in total. The van der Waals surface area contributed by atoms with Gasteiger partial charge in [-0.2, -0.15) is 0 Å². The van der Waals surface area contributed by atoms with Crippen LogP contribution in [0, 0.1) is 5.92 Å². The Kier molecular flexibility index (Phi) is 107. The third-order valence-corrected chi connectivity index (χ3v) is 10.0. The molecule has 0 atom stereocenters. The molecule has 4 radical (unpaired) electrons. The number of Topliss-reactive ketones (excluding diaryl/α,β-unsaturated/α-hetero) is 2. The molecule has 0 saturated carbocycles. The number of carboxylic acid groups (broad SMARTS) is 4. The average molecular weight is 1510 g/mol. The number of aliphatic carboxylic acids is 4. The predicted molar refractivity (Wildman–Crippen MR) is 383 cm³/mol. The van der Waals surface area contributed by atoms with Gasteiger partial charge in [-0.25, -0.2) is 9.59 Å². The number of benzene rings is 4. The van der Waals surface area contributed by atoms with Crippen molar-refractivity contribution >= 4 is 63.1 Å². The molecule has 20 heteroatoms. The van der Waals surface area contributed by atoms with Gasteiger partial charge in [0.1, 0.15) is 12.4 Å². The monoisotopic (exact) mass is 1510 g/mol. The third-order valence-electron chi connectivity index (χ3n) is 10.0. The number of hydrogen-bond donors (Lipinski definition) is 4. The maximum Gasteiger partial charge on any atom is 0.338 e. The van der Waals surface area contributed by atoms with E-state index in [1.54, 1.807) is 24.3 Å². The second-order valence-electron chi connectivity index (χ2n) is 20.3. The molecule has 0 amide bonds. The van der Waals surface area contributed by atoms with Crippen molar-refractivity contribution in [3.8, 4) is 0 Å². The number of allylic oxidation sites excluding steroid dienone is 3. The summed E-state index contributed by atoms with van der Waals surface area (Å²) in [4.78, 5) is 80.7. The molecule has 542 valence electrons. The topological polar surface area (TPSA) is 254 Å². The van der Waals surface area contributed by atoms with Crippen LogP contribution in [0.2, 0.25) is 13.6 Å². The Morgan fingerprint density at radius 2 is 0.789 bits per heavy atom. The molecule has 95 heavy (non-hydrogen) atoms. The molecular formula is C75H120B2O16Pd2. The molecule has 4 aromatic rings. The first-order valence-electron chi connectivity index (χ1n) is 32.3. The van der Waals surface area contributed by atoms with Crippen molar-refractivity contribution in [1.82, 2.24) is 0 Å². The zero-order chi connectivity index (χ0) is 72.7. The van der Waals surface area contributed by atoms with Crippen LogP contribution >= 0.6 is 0 Å². The van der Waals surface area contributed by atoms with Gasteiger partial charge in [0.25, 0.3) is 23.9 Å². The molecule has 0 aliphatic rings. The quantitative estimate of drug-likeness (QED) is 0.0171. The standard InChI is InChI=1S/C13H18O2.C13H18O.C11H14O2.C10H12O2.C9H18O.C9H18.4C2H4O2.2CH3B.2Pd/c1-2-3-9-13(14)11-15-10-12-7-5-4-6-8-12;1-2-3-4-8-11-14-12-13-9-6-5-7-10-13;1-9(2)8-13-11(12)10-6-4-3-5-7-10;1-8(2)12-10(11)9-6-4-3-5-7-9;1-3-5-6-8-9(10)7-4-2;1-3-5-7-9-8-6-4-2;4*1-2(3)4;2*1-2;;/h4-8H,2-3,9-11H2,1H3;4-10H,2-3,11-12H2,1H3;3-7,9H,8H2,1-2H3;3-8H,1-2H3;3-8H2,1-2H3;5,7H,3-4,6,8-9H2,1-2H3;4*1H3,(H,3,4);2*1H3;;/b;8-4-;;;;7-5+;;;;;;;;. The number of ether oxygens (including phenoxy) is 4. The number of unbranched alkanes of at least 4 members (excludes halogenated alkanes) is 7. The number of hydrogen-bond acceptors (Lipinski definition) is 12. The van der Waals surface area contributed by atoms with Gasteiger partial charge in [-0.15, -0.1) is 0 Å². The Balaban J connectivity index is -0.000000108. The summed E-state index contributed by atoms with van der Waals surface area (Å²) in [5.41, 5.74) is 3.56. The first-order valence-corrected chi connectivity index (χ1v) is 32.3. The summed E-state index contributed by atoms with van der Waals surface area (Å²) < 4.78 is 20.9. The molecule has 4 N–H and O–H groups in total.